The van der Waals surface area contributed by atoms with Gasteiger partial charge in [-0.3, -0.25) is 4.98 Å². The van der Waals surface area contributed by atoms with E-state index in [2.05, 4.69) is 27.3 Å². The van der Waals surface area contributed by atoms with Crippen LogP contribution >= 0.6 is 0 Å². The number of pyridine rings is 1. The number of rotatable bonds is 2. The highest BCUT2D eigenvalue weighted by molar-refractivity contribution is 6.00. The molecule has 20 heavy (non-hydrogen) atoms. The predicted molar refractivity (Wildman–Crippen MR) is 82.7 cm³/mol. The monoisotopic (exact) mass is 268 g/mol. The van der Waals surface area contributed by atoms with Gasteiger partial charge in [-0.15, -0.1) is 0 Å². The number of hydrogen-bond acceptors (Lipinski definition) is 4. The molecule has 4 heterocycles. The van der Waals surface area contributed by atoms with Gasteiger partial charge in [-0.2, -0.15) is 0 Å². The summed E-state index contributed by atoms with van der Waals surface area (Å²) in [4.78, 5) is 6.75. The Morgan fingerprint density at radius 2 is 2.00 bits per heavy atom. The van der Waals surface area contributed by atoms with Crippen molar-refractivity contribution in [3.8, 4) is 0 Å². The number of nitrogens with one attached hydrogen (secondary N) is 1. The lowest BCUT2D eigenvalue weighted by molar-refractivity contribution is 0.0976. The van der Waals surface area contributed by atoms with Crippen molar-refractivity contribution in [2.75, 3.05) is 30.7 Å². The van der Waals surface area contributed by atoms with Crippen molar-refractivity contribution in [1.82, 2.24) is 9.88 Å². The molecule has 3 fully saturated rings. The molecule has 0 radical (unpaired) electrons. The molecule has 1 aromatic carbocycles. The van der Waals surface area contributed by atoms with E-state index >= 15 is 0 Å². The van der Waals surface area contributed by atoms with Crippen LogP contribution in [-0.4, -0.2) is 35.6 Å². The van der Waals surface area contributed by atoms with Gasteiger partial charge in [0.2, 0.25) is 0 Å². The maximum atomic E-state index is 6.04. The Morgan fingerprint density at radius 3 is 2.75 bits per heavy atom. The normalized spacial score (nSPS) is 28.7. The summed E-state index contributed by atoms with van der Waals surface area (Å²) in [5.41, 5.74) is 8.03. The maximum Gasteiger partial charge on any atom is 0.0425 e. The fourth-order valence-corrected chi connectivity index (χ4v) is 3.67. The summed E-state index contributed by atoms with van der Waals surface area (Å²) < 4.78 is 0. The number of benzene rings is 1. The summed E-state index contributed by atoms with van der Waals surface area (Å²) >= 11 is 0. The van der Waals surface area contributed by atoms with Crippen LogP contribution in [0.5, 0.6) is 0 Å². The Labute approximate surface area is 119 Å². The number of aromatic nitrogens is 1. The van der Waals surface area contributed by atoms with Crippen molar-refractivity contribution in [2.24, 2.45) is 5.92 Å². The Balaban J connectivity index is 1.68. The zero-order chi connectivity index (χ0) is 13.5. The molecule has 104 valence electrons. The summed E-state index contributed by atoms with van der Waals surface area (Å²) in [6.45, 7) is 3.71. The van der Waals surface area contributed by atoms with Gasteiger partial charge >= 0.3 is 0 Å². The van der Waals surface area contributed by atoms with Crippen LogP contribution in [0.15, 0.2) is 30.6 Å². The average molecular weight is 268 g/mol. The molecule has 4 heteroatoms. The first kappa shape index (κ1) is 12.0. The molecule has 3 aliphatic rings. The molecular weight excluding hydrogens is 248 g/mol. The number of nitrogens with two attached hydrogens (primary N) is 1. The van der Waals surface area contributed by atoms with Gasteiger partial charge in [0.15, 0.2) is 0 Å². The van der Waals surface area contributed by atoms with Crippen LogP contribution in [-0.2, 0) is 0 Å². The molecule has 2 aromatic rings. The SMILES string of the molecule is Nc1ccc(NC2CN3CCC2CC3)c2ccncc12. The lowest BCUT2D eigenvalue weighted by Gasteiger charge is -2.45. The number of piperidine rings is 3. The van der Waals surface area contributed by atoms with Gasteiger partial charge in [0.25, 0.3) is 0 Å². The molecule has 3 N–H and O–H groups in total. The quantitative estimate of drug-likeness (QED) is 0.821. The van der Waals surface area contributed by atoms with E-state index in [1.165, 1.54) is 43.5 Å². The van der Waals surface area contributed by atoms with Crippen LogP contribution in [0.2, 0.25) is 0 Å². The van der Waals surface area contributed by atoms with Gasteiger partial charge in [-0.25, -0.2) is 0 Å². The second-order valence-electron chi connectivity index (χ2n) is 6.01. The zero-order valence-electron chi connectivity index (χ0n) is 11.5. The van der Waals surface area contributed by atoms with Crippen molar-refractivity contribution < 1.29 is 0 Å². The van der Waals surface area contributed by atoms with Crippen molar-refractivity contribution in [3.05, 3.63) is 30.6 Å². The molecule has 3 saturated heterocycles. The van der Waals surface area contributed by atoms with E-state index in [-0.39, 0.29) is 0 Å². The van der Waals surface area contributed by atoms with Crippen molar-refractivity contribution >= 4 is 22.1 Å². The predicted octanol–water partition coefficient (Wildman–Crippen LogP) is 2.32. The molecule has 4 nitrogen and oxygen atoms in total. The van der Waals surface area contributed by atoms with Crippen molar-refractivity contribution in [3.63, 3.8) is 0 Å². The number of nitrogen functional groups attached to an aromatic ring is 1. The zero-order valence-corrected chi connectivity index (χ0v) is 11.5. The minimum absolute atomic E-state index is 0.567. The highest BCUT2D eigenvalue weighted by Crippen LogP contribution is 2.33. The molecule has 3 aliphatic heterocycles. The Bertz CT molecular complexity index is 631. The third-order valence-corrected chi connectivity index (χ3v) is 4.85. The van der Waals surface area contributed by atoms with E-state index < -0.39 is 0 Å². The van der Waals surface area contributed by atoms with E-state index in [1.807, 2.05) is 18.5 Å². The summed E-state index contributed by atoms with van der Waals surface area (Å²) in [5, 5.41) is 5.98. The van der Waals surface area contributed by atoms with Crippen molar-refractivity contribution in [1.29, 1.82) is 0 Å². The molecule has 1 unspecified atom stereocenters. The van der Waals surface area contributed by atoms with Crippen LogP contribution < -0.4 is 11.1 Å². The number of fused-ring (bicyclic) bond motifs is 4. The van der Waals surface area contributed by atoms with E-state index in [0.717, 1.165) is 17.0 Å². The molecule has 1 aromatic heterocycles. The van der Waals surface area contributed by atoms with Gasteiger partial charge in [-0.1, -0.05) is 0 Å². The summed E-state index contributed by atoms with van der Waals surface area (Å²) in [6.07, 6.45) is 6.34. The third kappa shape index (κ3) is 1.91. The van der Waals surface area contributed by atoms with Gasteiger partial charge in [0.05, 0.1) is 0 Å². The van der Waals surface area contributed by atoms with E-state index in [4.69, 9.17) is 5.73 Å². The summed E-state index contributed by atoms with van der Waals surface area (Å²) in [6, 6.07) is 6.70. The Morgan fingerprint density at radius 1 is 1.15 bits per heavy atom. The van der Waals surface area contributed by atoms with E-state index in [9.17, 15) is 0 Å². The highest BCUT2D eigenvalue weighted by Gasteiger charge is 2.34. The second-order valence-corrected chi connectivity index (χ2v) is 6.01. The van der Waals surface area contributed by atoms with Crippen LogP contribution in [0, 0.1) is 5.92 Å². The first-order valence-corrected chi connectivity index (χ1v) is 7.42. The van der Waals surface area contributed by atoms with Crippen LogP contribution in [0.1, 0.15) is 12.8 Å². The van der Waals surface area contributed by atoms with Gasteiger partial charge < -0.3 is 16.0 Å². The lowest BCUT2D eigenvalue weighted by atomic mass is 9.84. The smallest absolute Gasteiger partial charge is 0.0425 e. The van der Waals surface area contributed by atoms with Gasteiger partial charge in [-0.05, 0) is 50.0 Å². The minimum Gasteiger partial charge on any atom is -0.398 e. The number of anilines is 2. The third-order valence-electron chi connectivity index (χ3n) is 4.85. The molecule has 0 saturated carbocycles. The molecule has 0 aliphatic carbocycles. The fourth-order valence-electron chi connectivity index (χ4n) is 3.67. The Hall–Kier alpha value is -1.81. The van der Waals surface area contributed by atoms with Crippen molar-refractivity contribution in [2.45, 2.75) is 18.9 Å². The summed E-state index contributed by atoms with van der Waals surface area (Å²) in [5.74, 6) is 0.814. The summed E-state index contributed by atoms with van der Waals surface area (Å²) in [7, 11) is 0. The van der Waals surface area contributed by atoms with Crippen LogP contribution in [0.4, 0.5) is 11.4 Å². The highest BCUT2D eigenvalue weighted by atomic mass is 15.2. The first-order valence-electron chi connectivity index (χ1n) is 7.42. The fraction of sp³-hybridized carbons (Fsp3) is 0.438. The molecular formula is C16H20N4. The molecule has 1 atom stereocenters. The maximum absolute atomic E-state index is 6.04. The Kier molecular flexibility index (Phi) is 2.77. The molecule has 0 spiro atoms. The minimum atomic E-state index is 0.567. The van der Waals surface area contributed by atoms with E-state index in [1.54, 1.807) is 0 Å². The number of nitrogens with zero attached hydrogens (tertiary/aromatic N) is 2. The average Bonchev–Trinajstić information content (AvgIpc) is 2.52. The first-order chi connectivity index (χ1) is 9.81. The standard InChI is InChI=1S/C16H20N4/c17-14-1-2-15(12-3-6-18-9-13(12)14)19-16-10-20-7-4-11(16)5-8-20/h1-3,6,9,11,16,19H,4-5,7-8,10,17H2. The molecule has 2 bridgehead atoms. The van der Waals surface area contributed by atoms with Crippen LogP contribution in [0.3, 0.4) is 0 Å². The lowest BCUT2D eigenvalue weighted by Crippen LogP contribution is -2.53. The van der Waals surface area contributed by atoms with Gasteiger partial charge in [0, 0.05) is 47.1 Å². The molecule has 5 rings (SSSR count). The van der Waals surface area contributed by atoms with E-state index in [0.29, 0.717) is 6.04 Å². The largest absolute Gasteiger partial charge is 0.398 e. The second kappa shape index (κ2) is 4.63. The van der Waals surface area contributed by atoms with Crippen LogP contribution in [0.25, 0.3) is 10.8 Å². The van der Waals surface area contributed by atoms with Gasteiger partial charge in [0.1, 0.15) is 0 Å². The number of hydrogen-bond donors (Lipinski definition) is 2. The topological polar surface area (TPSA) is 54.2 Å². The molecule has 0 amide bonds.